The summed E-state index contributed by atoms with van der Waals surface area (Å²) >= 11 is 0. The molecule has 1 saturated heterocycles. The second-order valence-electron chi connectivity index (χ2n) is 11.1. The Morgan fingerprint density at radius 1 is 0.951 bits per heavy atom. The Bertz CT molecular complexity index is 1160. The molecule has 2 heterocycles. The first kappa shape index (κ1) is 30.7. The molecule has 0 aromatic heterocycles. The highest BCUT2D eigenvalue weighted by atomic mass is 16.5. The Morgan fingerprint density at radius 3 is 2.37 bits per heavy atom. The first-order valence-corrected chi connectivity index (χ1v) is 15.6. The summed E-state index contributed by atoms with van der Waals surface area (Å²) in [5.74, 6) is 1.88. The zero-order valence-electron chi connectivity index (χ0n) is 25.5. The number of nitrogens with one attached hydrogen (secondary N) is 1. The number of carbonyl (C=O) groups excluding carboxylic acids is 1. The molecule has 0 radical (unpaired) electrons. The van der Waals surface area contributed by atoms with Gasteiger partial charge < -0.3 is 24.6 Å². The highest BCUT2D eigenvalue weighted by Crippen LogP contribution is 2.38. The maximum Gasteiger partial charge on any atom is 0.253 e. The number of hydrogen-bond acceptors (Lipinski definition) is 5. The zero-order valence-corrected chi connectivity index (χ0v) is 25.5. The van der Waals surface area contributed by atoms with Crippen LogP contribution in [0.25, 0.3) is 0 Å². The summed E-state index contributed by atoms with van der Waals surface area (Å²) in [5, 5.41) is 3.34. The Labute approximate surface area is 247 Å². The van der Waals surface area contributed by atoms with E-state index in [-0.39, 0.29) is 17.9 Å². The van der Waals surface area contributed by atoms with Crippen molar-refractivity contribution in [1.29, 1.82) is 0 Å². The van der Waals surface area contributed by atoms with Crippen LogP contribution in [0.1, 0.15) is 86.2 Å². The van der Waals surface area contributed by atoms with Crippen LogP contribution in [0.15, 0.2) is 66.4 Å². The highest BCUT2D eigenvalue weighted by Gasteiger charge is 2.23. The zero-order chi connectivity index (χ0) is 29.0. The number of rotatable bonds is 8. The minimum Gasteiger partial charge on any atom is -0.493 e. The van der Waals surface area contributed by atoms with Crippen molar-refractivity contribution < 1.29 is 14.3 Å². The van der Waals surface area contributed by atoms with E-state index in [0.29, 0.717) is 0 Å². The maximum atomic E-state index is 13.2. The van der Waals surface area contributed by atoms with Crippen LogP contribution in [0.2, 0.25) is 0 Å². The van der Waals surface area contributed by atoms with Crippen molar-refractivity contribution >= 4 is 5.91 Å². The lowest BCUT2D eigenvalue weighted by Gasteiger charge is -2.32. The van der Waals surface area contributed by atoms with E-state index >= 15 is 0 Å². The molecule has 2 fully saturated rings. The number of nitrogens with zero attached hydrogens (tertiary/aromatic N) is 2. The largest absolute Gasteiger partial charge is 0.493 e. The first-order valence-electron chi connectivity index (χ1n) is 15.6. The van der Waals surface area contributed by atoms with Crippen LogP contribution in [0.5, 0.6) is 11.5 Å². The van der Waals surface area contributed by atoms with Crippen LogP contribution in [0.4, 0.5) is 0 Å². The SMILES string of the molecule is CC.COc1ccc(C(CC2=CCCNC=C2)c2ccc(C(=O)N3CCN(C)CC3)cc2)cc1OC1CCCCC1. The van der Waals surface area contributed by atoms with E-state index in [4.69, 9.17) is 9.47 Å². The van der Waals surface area contributed by atoms with E-state index in [9.17, 15) is 4.79 Å². The molecular weight excluding hydrogens is 510 g/mol. The fourth-order valence-electron chi connectivity index (χ4n) is 5.89. The van der Waals surface area contributed by atoms with Crippen LogP contribution in [-0.2, 0) is 0 Å². The van der Waals surface area contributed by atoms with E-state index < -0.39 is 0 Å². The molecule has 1 aliphatic carbocycles. The van der Waals surface area contributed by atoms with Gasteiger partial charge in [0.15, 0.2) is 11.5 Å². The maximum absolute atomic E-state index is 13.2. The van der Waals surface area contributed by atoms with Gasteiger partial charge in [-0.2, -0.15) is 0 Å². The molecule has 0 bridgehead atoms. The van der Waals surface area contributed by atoms with Crippen molar-refractivity contribution in [1.82, 2.24) is 15.1 Å². The van der Waals surface area contributed by atoms with Gasteiger partial charge >= 0.3 is 0 Å². The topological polar surface area (TPSA) is 54.0 Å². The number of allylic oxidation sites excluding steroid dienone is 2. The molecule has 0 spiro atoms. The van der Waals surface area contributed by atoms with Gasteiger partial charge in [0, 0.05) is 44.2 Å². The number of likely N-dealkylation sites (N-methyl/N-ethyl adjacent to an activating group) is 1. The summed E-state index contributed by atoms with van der Waals surface area (Å²) in [5.41, 5.74) is 4.47. The summed E-state index contributed by atoms with van der Waals surface area (Å²) < 4.78 is 12.2. The van der Waals surface area contributed by atoms with Crippen molar-refractivity contribution in [3.05, 3.63) is 83.1 Å². The van der Waals surface area contributed by atoms with Gasteiger partial charge in [0.2, 0.25) is 0 Å². The van der Waals surface area contributed by atoms with Crippen molar-refractivity contribution in [2.75, 3.05) is 46.9 Å². The summed E-state index contributed by atoms with van der Waals surface area (Å²) in [7, 11) is 3.82. The third-order valence-corrected chi connectivity index (χ3v) is 8.34. The molecule has 222 valence electrons. The van der Waals surface area contributed by atoms with E-state index in [1.807, 2.05) is 36.9 Å². The number of hydrogen-bond donors (Lipinski definition) is 1. The Balaban J connectivity index is 0.00000189. The molecule has 1 atom stereocenters. The Hall–Kier alpha value is -3.25. The predicted octanol–water partition coefficient (Wildman–Crippen LogP) is 6.78. The van der Waals surface area contributed by atoms with Crippen molar-refractivity contribution in [3.63, 3.8) is 0 Å². The van der Waals surface area contributed by atoms with Crippen LogP contribution in [0, 0.1) is 0 Å². The normalized spacial score (nSPS) is 18.7. The number of piperazine rings is 1. The van der Waals surface area contributed by atoms with Crippen molar-refractivity contribution in [3.8, 4) is 11.5 Å². The molecule has 1 N–H and O–H groups in total. The lowest BCUT2D eigenvalue weighted by Crippen LogP contribution is -2.47. The van der Waals surface area contributed by atoms with Crippen LogP contribution in [-0.4, -0.2) is 68.7 Å². The third kappa shape index (κ3) is 8.38. The number of methoxy groups -OCH3 is 1. The second-order valence-corrected chi connectivity index (χ2v) is 11.1. The minimum atomic E-state index is 0.124. The van der Waals surface area contributed by atoms with Crippen LogP contribution in [0.3, 0.4) is 0 Å². The molecule has 6 nitrogen and oxygen atoms in total. The monoisotopic (exact) mass is 559 g/mol. The highest BCUT2D eigenvalue weighted by molar-refractivity contribution is 5.94. The molecule has 3 aliphatic rings. The fraction of sp³-hybridized carbons (Fsp3) is 0.514. The average molecular weight is 560 g/mol. The molecule has 2 aliphatic heterocycles. The van der Waals surface area contributed by atoms with E-state index in [1.54, 1.807) is 7.11 Å². The number of ether oxygens (including phenoxy) is 2. The smallest absolute Gasteiger partial charge is 0.253 e. The lowest BCUT2D eigenvalue weighted by atomic mass is 9.85. The van der Waals surface area contributed by atoms with Gasteiger partial charge in [0.25, 0.3) is 5.91 Å². The molecule has 41 heavy (non-hydrogen) atoms. The lowest BCUT2D eigenvalue weighted by molar-refractivity contribution is 0.0664. The van der Waals surface area contributed by atoms with E-state index in [2.05, 4.69) is 59.9 Å². The summed E-state index contributed by atoms with van der Waals surface area (Å²) in [6.45, 7) is 8.36. The Morgan fingerprint density at radius 2 is 1.66 bits per heavy atom. The number of amides is 1. The predicted molar refractivity (Wildman–Crippen MR) is 168 cm³/mol. The standard InChI is InChI=1S/C33H43N3O3.C2H6/c1-35-19-21-36(22-20-35)33(37)27-12-10-26(11-13-27)30(23-25-7-6-17-34-18-16-25)28-14-15-31(38-2)32(24-28)39-29-8-4-3-5-9-29;1-2/h7,10-16,18,24,29-30,34H,3-6,8-9,17,19-23H2,1-2H3;1-2H3. The molecule has 5 rings (SSSR count). The number of carbonyl (C=O) groups is 1. The average Bonchev–Trinajstić information content (AvgIpc) is 3.30. The third-order valence-electron chi connectivity index (χ3n) is 8.34. The second kappa shape index (κ2) is 15.7. The van der Waals surface area contributed by atoms with Gasteiger partial charge in [-0.15, -0.1) is 0 Å². The van der Waals surface area contributed by atoms with Gasteiger partial charge in [-0.3, -0.25) is 4.79 Å². The first-order chi connectivity index (χ1) is 20.1. The molecule has 2 aromatic carbocycles. The minimum absolute atomic E-state index is 0.124. The van der Waals surface area contributed by atoms with Crippen LogP contribution < -0.4 is 14.8 Å². The molecule has 1 unspecified atom stereocenters. The van der Waals surface area contributed by atoms with E-state index in [1.165, 1.54) is 36.0 Å². The van der Waals surface area contributed by atoms with Gasteiger partial charge in [0.05, 0.1) is 13.2 Å². The van der Waals surface area contributed by atoms with Crippen molar-refractivity contribution in [2.45, 2.75) is 70.8 Å². The van der Waals surface area contributed by atoms with Gasteiger partial charge in [-0.25, -0.2) is 0 Å². The molecular formula is C35H49N3O3. The Kier molecular flexibility index (Phi) is 11.7. The molecule has 1 saturated carbocycles. The molecule has 6 heteroatoms. The van der Waals surface area contributed by atoms with E-state index in [0.717, 1.165) is 75.5 Å². The van der Waals surface area contributed by atoms with Crippen LogP contribution >= 0.6 is 0 Å². The number of benzene rings is 2. The summed E-state index contributed by atoms with van der Waals surface area (Å²) in [6, 6.07) is 14.7. The molecule has 2 aromatic rings. The quantitative estimate of drug-likeness (QED) is 0.387. The van der Waals surface area contributed by atoms with Crippen molar-refractivity contribution in [2.24, 2.45) is 0 Å². The fourth-order valence-corrected chi connectivity index (χ4v) is 5.89. The van der Waals surface area contributed by atoms with Gasteiger partial charge in [0.1, 0.15) is 0 Å². The summed E-state index contributed by atoms with van der Waals surface area (Å²) in [6.07, 6.45) is 14.7. The van der Waals surface area contributed by atoms with Gasteiger partial charge in [-0.05, 0) is 98.8 Å². The summed E-state index contributed by atoms with van der Waals surface area (Å²) in [4.78, 5) is 17.4. The van der Waals surface area contributed by atoms with Gasteiger partial charge in [-0.1, -0.05) is 44.5 Å². The molecule has 1 amide bonds.